The summed E-state index contributed by atoms with van der Waals surface area (Å²) < 4.78 is 18.2. The topological polar surface area (TPSA) is 66.5 Å². The van der Waals surface area contributed by atoms with Crippen LogP contribution >= 0.6 is 0 Å². The Morgan fingerprint density at radius 1 is 1.41 bits per heavy atom. The third-order valence-corrected chi connectivity index (χ3v) is 3.15. The molecule has 0 saturated carbocycles. The van der Waals surface area contributed by atoms with Crippen molar-refractivity contribution in [1.82, 2.24) is 10.4 Å². The monoisotopic (exact) mass is 303 g/mol. The Balaban J connectivity index is 1.91. The number of aromatic nitrogens is 1. The second-order valence-electron chi connectivity index (χ2n) is 4.95. The molecule has 1 amide bonds. The minimum absolute atomic E-state index is 0.231. The second kappa shape index (κ2) is 6.89. The van der Waals surface area contributed by atoms with E-state index < -0.39 is 11.7 Å². The van der Waals surface area contributed by atoms with E-state index in [1.165, 1.54) is 18.2 Å². The third kappa shape index (κ3) is 3.94. The summed E-state index contributed by atoms with van der Waals surface area (Å²) in [6.45, 7) is 5.49. The Morgan fingerprint density at radius 3 is 2.82 bits per heavy atom. The lowest BCUT2D eigenvalue weighted by molar-refractivity contribution is -0.123. The zero-order valence-electron chi connectivity index (χ0n) is 12.7. The van der Waals surface area contributed by atoms with E-state index in [-0.39, 0.29) is 6.61 Å². The zero-order valence-corrected chi connectivity index (χ0v) is 12.7. The summed E-state index contributed by atoms with van der Waals surface area (Å²) in [5.41, 5.74) is 6.16. The predicted octanol–water partition coefficient (Wildman–Crippen LogP) is 2.69. The van der Waals surface area contributed by atoms with Crippen LogP contribution in [-0.4, -0.2) is 23.2 Å². The van der Waals surface area contributed by atoms with Gasteiger partial charge >= 0.3 is 0 Å². The first kappa shape index (κ1) is 15.8. The van der Waals surface area contributed by atoms with Gasteiger partial charge in [0.15, 0.2) is 6.61 Å². The van der Waals surface area contributed by atoms with Gasteiger partial charge in [-0.2, -0.15) is 5.10 Å². The van der Waals surface area contributed by atoms with Crippen LogP contribution < -0.4 is 10.2 Å². The van der Waals surface area contributed by atoms with E-state index >= 15 is 0 Å². The molecular formula is C16H18FN3O2. The van der Waals surface area contributed by atoms with Gasteiger partial charge in [0.25, 0.3) is 5.91 Å². The molecule has 0 aliphatic heterocycles. The fourth-order valence-electron chi connectivity index (χ4n) is 2.15. The predicted molar refractivity (Wildman–Crippen MR) is 82.5 cm³/mol. The molecule has 0 aliphatic rings. The summed E-state index contributed by atoms with van der Waals surface area (Å²) in [5, 5.41) is 4.06. The largest absolute Gasteiger partial charge is 0.484 e. The number of halogens is 1. The molecule has 0 spiro atoms. The van der Waals surface area contributed by atoms with Crippen molar-refractivity contribution in [2.24, 2.45) is 5.10 Å². The number of ether oxygens (including phenoxy) is 1. The van der Waals surface area contributed by atoms with E-state index in [4.69, 9.17) is 4.74 Å². The second-order valence-corrected chi connectivity index (χ2v) is 4.95. The van der Waals surface area contributed by atoms with Gasteiger partial charge in [0.1, 0.15) is 11.6 Å². The van der Waals surface area contributed by atoms with Gasteiger partial charge in [-0.15, -0.1) is 0 Å². The molecule has 1 aromatic carbocycles. The summed E-state index contributed by atoms with van der Waals surface area (Å²) >= 11 is 0. The molecule has 0 fully saturated rings. The van der Waals surface area contributed by atoms with Crippen molar-refractivity contribution in [2.45, 2.75) is 20.8 Å². The van der Waals surface area contributed by atoms with Crippen molar-refractivity contribution in [3.05, 3.63) is 53.1 Å². The van der Waals surface area contributed by atoms with Crippen LogP contribution in [0.2, 0.25) is 0 Å². The minimum atomic E-state index is -0.412. The van der Waals surface area contributed by atoms with Gasteiger partial charge < -0.3 is 9.72 Å². The lowest BCUT2D eigenvalue weighted by atomic mass is 10.1. The number of nitrogens with zero attached hydrogens (tertiary/aromatic N) is 1. The Hall–Kier alpha value is -2.63. The Kier molecular flexibility index (Phi) is 4.93. The van der Waals surface area contributed by atoms with E-state index in [9.17, 15) is 9.18 Å². The normalized spacial score (nSPS) is 11.4. The molecule has 0 aliphatic carbocycles. The highest BCUT2D eigenvalue weighted by atomic mass is 19.1. The average Bonchev–Trinajstić information content (AvgIpc) is 2.82. The van der Waals surface area contributed by atoms with E-state index in [0.29, 0.717) is 11.5 Å². The van der Waals surface area contributed by atoms with E-state index in [1.54, 1.807) is 6.07 Å². The standard InChI is InChI=1S/C16H18FN3O2/c1-10-8-18-11(2)16(10)12(3)19-20-15(21)9-22-14-6-4-5-13(17)7-14/h4-8,18H,9H2,1-3H3,(H,20,21)/b19-12+. The van der Waals surface area contributed by atoms with Crippen LogP contribution in [0.3, 0.4) is 0 Å². The number of hydrogen-bond donors (Lipinski definition) is 2. The van der Waals surface area contributed by atoms with Gasteiger partial charge in [-0.3, -0.25) is 4.79 Å². The molecule has 1 aromatic heterocycles. The fraction of sp³-hybridized carbons (Fsp3) is 0.250. The van der Waals surface area contributed by atoms with Gasteiger partial charge in [-0.05, 0) is 38.5 Å². The maximum Gasteiger partial charge on any atom is 0.277 e. The fourth-order valence-corrected chi connectivity index (χ4v) is 2.15. The summed E-state index contributed by atoms with van der Waals surface area (Å²) in [5.74, 6) is -0.521. The van der Waals surface area contributed by atoms with Crippen LogP contribution in [0.4, 0.5) is 4.39 Å². The van der Waals surface area contributed by atoms with Crippen LogP contribution in [0.5, 0.6) is 5.75 Å². The van der Waals surface area contributed by atoms with Gasteiger partial charge in [-0.1, -0.05) is 6.07 Å². The van der Waals surface area contributed by atoms with Crippen molar-refractivity contribution in [3.8, 4) is 5.75 Å². The molecule has 2 rings (SSSR count). The van der Waals surface area contributed by atoms with Crippen molar-refractivity contribution < 1.29 is 13.9 Å². The molecule has 2 aromatic rings. The molecule has 22 heavy (non-hydrogen) atoms. The van der Waals surface area contributed by atoms with Gasteiger partial charge in [0.05, 0.1) is 5.71 Å². The number of aryl methyl sites for hydroxylation is 2. The molecule has 0 unspecified atom stereocenters. The molecule has 0 atom stereocenters. The molecular weight excluding hydrogens is 285 g/mol. The van der Waals surface area contributed by atoms with Crippen molar-refractivity contribution in [3.63, 3.8) is 0 Å². The van der Waals surface area contributed by atoms with Crippen molar-refractivity contribution >= 4 is 11.6 Å². The van der Waals surface area contributed by atoms with Crippen molar-refractivity contribution in [1.29, 1.82) is 0 Å². The SMILES string of the molecule is C/C(=N\NC(=O)COc1cccc(F)c1)c1c(C)c[nH]c1C. The molecule has 0 saturated heterocycles. The lowest BCUT2D eigenvalue weighted by Gasteiger charge is -2.06. The molecule has 5 nitrogen and oxygen atoms in total. The maximum absolute atomic E-state index is 13.0. The zero-order chi connectivity index (χ0) is 16.1. The van der Waals surface area contributed by atoms with E-state index in [0.717, 1.165) is 16.8 Å². The van der Waals surface area contributed by atoms with Gasteiger partial charge in [0, 0.05) is 23.5 Å². The first-order valence-electron chi connectivity index (χ1n) is 6.84. The number of nitrogens with one attached hydrogen (secondary N) is 2. The van der Waals surface area contributed by atoms with Crippen molar-refractivity contribution in [2.75, 3.05) is 6.61 Å². The van der Waals surface area contributed by atoms with Crippen LogP contribution in [0.1, 0.15) is 23.7 Å². The number of aromatic amines is 1. The molecule has 6 heteroatoms. The first-order chi connectivity index (χ1) is 10.5. The first-order valence-corrected chi connectivity index (χ1v) is 6.84. The molecule has 0 bridgehead atoms. The minimum Gasteiger partial charge on any atom is -0.484 e. The number of carbonyl (C=O) groups excluding carboxylic acids is 1. The summed E-state index contributed by atoms with van der Waals surface area (Å²) in [6.07, 6.45) is 1.89. The third-order valence-electron chi connectivity index (χ3n) is 3.15. The molecule has 116 valence electrons. The van der Waals surface area contributed by atoms with Gasteiger partial charge in [0.2, 0.25) is 0 Å². The van der Waals surface area contributed by atoms with E-state index in [1.807, 2.05) is 27.0 Å². The summed E-state index contributed by atoms with van der Waals surface area (Å²) in [6, 6.07) is 5.62. The quantitative estimate of drug-likeness (QED) is 0.659. The van der Waals surface area contributed by atoms with Gasteiger partial charge in [-0.25, -0.2) is 9.82 Å². The van der Waals surface area contributed by atoms with Crippen LogP contribution in [0.15, 0.2) is 35.6 Å². The average molecular weight is 303 g/mol. The Labute approximate surface area is 128 Å². The van der Waals surface area contributed by atoms with Crippen LogP contribution in [0, 0.1) is 19.7 Å². The highest BCUT2D eigenvalue weighted by molar-refractivity contribution is 6.01. The number of hydrazone groups is 1. The van der Waals surface area contributed by atoms with E-state index in [2.05, 4.69) is 15.5 Å². The van der Waals surface area contributed by atoms with Crippen LogP contribution in [-0.2, 0) is 4.79 Å². The number of amides is 1. The summed E-state index contributed by atoms with van der Waals surface area (Å²) in [4.78, 5) is 14.8. The molecule has 1 heterocycles. The maximum atomic E-state index is 13.0. The highest BCUT2D eigenvalue weighted by Gasteiger charge is 2.08. The smallest absolute Gasteiger partial charge is 0.277 e. The number of benzene rings is 1. The molecule has 2 N–H and O–H groups in total. The summed E-state index contributed by atoms with van der Waals surface area (Å²) in [7, 11) is 0. The number of hydrogen-bond acceptors (Lipinski definition) is 3. The number of rotatable bonds is 5. The Morgan fingerprint density at radius 2 is 2.18 bits per heavy atom. The number of H-pyrrole nitrogens is 1. The number of carbonyl (C=O) groups is 1. The lowest BCUT2D eigenvalue weighted by Crippen LogP contribution is -2.25. The Bertz CT molecular complexity index is 688. The van der Waals surface area contributed by atoms with Crippen LogP contribution in [0.25, 0.3) is 0 Å². The highest BCUT2D eigenvalue weighted by Crippen LogP contribution is 2.13. The molecule has 0 radical (unpaired) electrons.